The van der Waals surface area contributed by atoms with Gasteiger partial charge in [0, 0.05) is 16.1 Å². The fourth-order valence-corrected chi connectivity index (χ4v) is 5.15. The van der Waals surface area contributed by atoms with E-state index < -0.39 is 30.3 Å². The zero-order valence-electron chi connectivity index (χ0n) is 14.0. The van der Waals surface area contributed by atoms with Crippen molar-refractivity contribution in [2.24, 2.45) is 23.7 Å². The first-order valence-corrected chi connectivity index (χ1v) is 9.65. The second-order valence-electron chi connectivity index (χ2n) is 7.16. The number of benzene rings is 1. The van der Waals surface area contributed by atoms with E-state index in [1.807, 2.05) is 6.92 Å². The summed E-state index contributed by atoms with van der Waals surface area (Å²) in [6.07, 6.45) is 1.51. The van der Waals surface area contributed by atoms with Gasteiger partial charge >= 0.3 is 11.9 Å². The molecule has 5 atom stereocenters. The fraction of sp³-hybridized carbons (Fsp3) is 0.500. The zero-order valence-corrected chi connectivity index (χ0v) is 16.3. The third-order valence-corrected chi connectivity index (χ3v) is 6.84. The molecule has 26 heavy (non-hydrogen) atoms. The van der Waals surface area contributed by atoms with E-state index in [1.165, 1.54) is 0 Å². The predicted octanol–water partition coefficient (Wildman–Crippen LogP) is 3.09. The van der Waals surface area contributed by atoms with E-state index in [0.29, 0.717) is 10.7 Å². The number of carbonyl (C=O) groups excluding carboxylic acids is 3. The highest BCUT2D eigenvalue weighted by atomic mass is 79.9. The summed E-state index contributed by atoms with van der Waals surface area (Å²) in [6, 6.07) is 3.42. The van der Waals surface area contributed by atoms with Gasteiger partial charge in [0.05, 0.1) is 16.9 Å². The molecule has 3 aliphatic rings. The molecule has 3 fully saturated rings. The third kappa shape index (κ3) is 2.91. The maximum atomic E-state index is 12.5. The van der Waals surface area contributed by atoms with Gasteiger partial charge in [-0.15, -0.1) is 0 Å². The lowest BCUT2D eigenvalue weighted by atomic mass is 9.80. The van der Waals surface area contributed by atoms with E-state index >= 15 is 0 Å². The minimum Gasteiger partial charge on any atom is -0.462 e. The molecule has 2 aliphatic carbocycles. The molecule has 1 aromatic carbocycles. The van der Waals surface area contributed by atoms with Gasteiger partial charge in [0.1, 0.15) is 6.10 Å². The minimum absolute atomic E-state index is 0.0324. The van der Waals surface area contributed by atoms with Crippen LogP contribution >= 0.6 is 27.5 Å². The molecule has 1 aliphatic heterocycles. The van der Waals surface area contributed by atoms with Gasteiger partial charge in [-0.3, -0.25) is 14.4 Å². The number of anilines is 1. The quantitative estimate of drug-likeness (QED) is 0.725. The molecule has 0 unspecified atom stereocenters. The van der Waals surface area contributed by atoms with E-state index in [4.69, 9.17) is 21.1 Å². The molecule has 4 rings (SSSR count). The Bertz CT molecular complexity index is 811. The molecule has 1 amide bonds. The van der Waals surface area contributed by atoms with Gasteiger partial charge in [-0.05, 0) is 59.3 Å². The normalized spacial score (nSPS) is 31.0. The number of halogens is 2. The van der Waals surface area contributed by atoms with Crippen molar-refractivity contribution in [3.05, 3.63) is 27.2 Å². The molecule has 2 bridgehead atoms. The van der Waals surface area contributed by atoms with Crippen LogP contribution in [0.1, 0.15) is 18.4 Å². The van der Waals surface area contributed by atoms with Crippen LogP contribution in [0.5, 0.6) is 0 Å². The molecule has 1 heterocycles. The SMILES string of the molecule is Cc1cc(Br)c(Cl)cc1NC(=O)COC(=O)[C@@H]1[C@@H]2C[C@@H]3[C@H]1C(=O)O[C@@H]3C2. The number of nitrogens with one attached hydrogen (secondary N) is 1. The number of ether oxygens (including phenoxy) is 2. The summed E-state index contributed by atoms with van der Waals surface area (Å²) < 4.78 is 11.3. The van der Waals surface area contributed by atoms with Crippen molar-refractivity contribution < 1.29 is 23.9 Å². The Hall–Kier alpha value is -1.60. The van der Waals surface area contributed by atoms with Crippen molar-refractivity contribution in [1.29, 1.82) is 0 Å². The van der Waals surface area contributed by atoms with Gasteiger partial charge in [-0.1, -0.05) is 11.6 Å². The number of aryl methyl sites for hydroxylation is 1. The first-order chi connectivity index (χ1) is 12.3. The summed E-state index contributed by atoms with van der Waals surface area (Å²) in [5, 5.41) is 3.16. The van der Waals surface area contributed by atoms with Crippen molar-refractivity contribution in [3.63, 3.8) is 0 Å². The summed E-state index contributed by atoms with van der Waals surface area (Å²) in [7, 11) is 0. The van der Waals surface area contributed by atoms with Crippen LogP contribution in [0.3, 0.4) is 0 Å². The molecule has 6 nitrogen and oxygen atoms in total. The lowest BCUT2D eigenvalue weighted by Crippen LogP contribution is -2.35. The van der Waals surface area contributed by atoms with Gasteiger partial charge < -0.3 is 14.8 Å². The van der Waals surface area contributed by atoms with Crippen LogP contribution in [0.25, 0.3) is 0 Å². The Morgan fingerprint density at radius 2 is 2.15 bits per heavy atom. The van der Waals surface area contributed by atoms with Crippen molar-refractivity contribution >= 4 is 51.1 Å². The Morgan fingerprint density at radius 3 is 2.92 bits per heavy atom. The predicted molar refractivity (Wildman–Crippen MR) is 96.6 cm³/mol. The summed E-state index contributed by atoms with van der Waals surface area (Å²) in [4.78, 5) is 36.5. The third-order valence-electron chi connectivity index (χ3n) is 5.64. The Balaban J connectivity index is 1.36. The molecule has 1 aromatic rings. The summed E-state index contributed by atoms with van der Waals surface area (Å²) in [5.41, 5.74) is 1.38. The van der Waals surface area contributed by atoms with Gasteiger partial charge in [-0.25, -0.2) is 0 Å². The van der Waals surface area contributed by atoms with E-state index in [-0.39, 0.29) is 23.9 Å². The van der Waals surface area contributed by atoms with Crippen LogP contribution in [0, 0.1) is 30.6 Å². The molecule has 1 saturated heterocycles. The molecular weight excluding hydrogens is 426 g/mol. The lowest BCUT2D eigenvalue weighted by Gasteiger charge is -2.22. The highest BCUT2D eigenvalue weighted by Crippen LogP contribution is 2.57. The van der Waals surface area contributed by atoms with Crippen molar-refractivity contribution in [2.75, 3.05) is 11.9 Å². The molecule has 0 radical (unpaired) electrons. The van der Waals surface area contributed by atoms with Gasteiger partial charge in [-0.2, -0.15) is 0 Å². The van der Waals surface area contributed by atoms with Crippen LogP contribution in [-0.2, 0) is 23.9 Å². The number of amides is 1. The van der Waals surface area contributed by atoms with Gasteiger partial charge in [0.2, 0.25) is 0 Å². The first kappa shape index (κ1) is 17.8. The number of hydrogen-bond donors (Lipinski definition) is 1. The molecule has 0 spiro atoms. The summed E-state index contributed by atoms with van der Waals surface area (Å²) in [5.74, 6) is -1.87. The average Bonchev–Trinajstić information content (AvgIpc) is 3.19. The van der Waals surface area contributed by atoms with Crippen LogP contribution in [0.2, 0.25) is 5.02 Å². The second-order valence-corrected chi connectivity index (χ2v) is 8.42. The Kier molecular flexibility index (Phi) is 4.47. The van der Waals surface area contributed by atoms with Gasteiger partial charge in [0.15, 0.2) is 6.61 Å². The topological polar surface area (TPSA) is 81.7 Å². The fourth-order valence-electron chi connectivity index (χ4n) is 4.53. The van der Waals surface area contributed by atoms with Crippen LogP contribution in [0.4, 0.5) is 5.69 Å². The van der Waals surface area contributed by atoms with E-state index in [9.17, 15) is 14.4 Å². The number of carbonyl (C=O) groups is 3. The number of fused-ring (bicyclic) bond motifs is 1. The molecule has 2 saturated carbocycles. The maximum Gasteiger partial charge on any atom is 0.310 e. The van der Waals surface area contributed by atoms with E-state index in [2.05, 4.69) is 21.2 Å². The van der Waals surface area contributed by atoms with Crippen molar-refractivity contribution in [2.45, 2.75) is 25.9 Å². The largest absolute Gasteiger partial charge is 0.462 e. The summed E-state index contributed by atoms with van der Waals surface area (Å²) in [6.45, 7) is 1.44. The second kappa shape index (κ2) is 6.53. The van der Waals surface area contributed by atoms with Gasteiger partial charge in [0.25, 0.3) is 5.91 Å². The summed E-state index contributed by atoms with van der Waals surface area (Å²) >= 11 is 9.36. The van der Waals surface area contributed by atoms with Crippen molar-refractivity contribution in [1.82, 2.24) is 0 Å². The average molecular weight is 443 g/mol. The molecule has 138 valence electrons. The molecular formula is C18H17BrClNO5. The highest BCUT2D eigenvalue weighted by molar-refractivity contribution is 9.10. The molecule has 0 aromatic heterocycles. The molecule has 1 N–H and O–H groups in total. The Morgan fingerprint density at radius 1 is 1.38 bits per heavy atom. The maximum absolute atomic E-state index is 12.5. The Labute approximate surface area is 163 Å². The van der Waals surface area contributed by atoms with Crippen LogP contribution in [-0.4, -0.2) is 30.6 Å². The smallest absolute Gasteiger partial charge is 0.310 e. The lowest BCUT2D eigenvalue weighted by molar-refractivity contribution is -0.157. The number of rotatable bonds is 4. The molecule has 8 heteroatoms. The van der Waals surface area contributed by atoms with Crippen LogP contribution < -0.4 is 5.32 Å². The monoisotopic (exact) mass is 441 g/mol. The standard InChI is InChI=1S/C18H17BrClNO5/c1-7-2-10(19)11(20)5-12(7)21-14(22)6-25-17(23)15-8-3-9-13(4-8)26-18(24)16(9)15/h2,5,8-9,13,15-16H,3-4,6H2,1H3,(H,21,22)/t8-,9+,13-,15-,16-/m1/s1. The van der Waals surface area contributed by atoms with E-state index in [1.54, 1.807) is 12.1 Å². The van der Waals surface area contributed by atoms with Crippen LogP contribution in [0.15, 0.2) is 16.6 Å². The minimum atomic E-state index is -0.486. The number of hydrogen-bond acceptors (Lipinski definition) is 5. The highest BCUT2D eigenvalue weighted by Gasteiger charge is 2.64. The van der Waals surface area contributed by atoms with Crippen molar-refractivity contribution in [3.8, 4) is 0 Å². The first-order valence-electron chi connectivity index (χ1n) is 8.47. The zero-order chi connectivity index (χ0) is 18.6. The van der Waals surface area contributed by atoms with E-state index in [0.717, 1.165) is 22.9 Å². The number of esters is 2.